The van der Waals surface area contributed by atoms with Crippen molar-refractivity contribution in [1.29, 1.82) is 0 Å². The molecule has 0 aromatic rings. The Morgan fingerprint density at radius 3 is 1.20 bits per heavy atom. The molecule has 0 rings (SSSR count). The van der Waals surface area contributed by atoms with Gasteiger partial charge in [0.1, 0.15) is 6.61 Å². The smallest absolute Gasteiger partial charge is 0.545 e. The molecule has 0 aromatic carbocycles. The zero-order valence-electron chi connectivity index (χ0n) is 10.3. The van der Waals surface area contributed by atoms with Gasteiger partial charge >= 0.3 is 51.4 Å². The Hall–Kier alpha value is -0.520. The molecule has 0 spiro atoms. The number of hydrogen-bond donors (Lipinski definition) is 1. The summed E-state index contributed by atoms with van der Waals surface area (Å²) in [5.41, 5.74) is 0. The molecule has 0 aliphatic rings. The number of aliphatic hydroxyl groups is 1. The van der Waals surface area contributed by atoms with E-state index >= 15 is 0 Å². The number of carbonyl (C=O) groups is 2. The van der Waals surface area contributed by atoms with Crippen LogP contribution in [0.25, 0.3) is 0 Å². The van der Waals surface area contributed by atoms with Crippen LogP contribution < -0.4 is 47.9 Å². The van der Waals surface area contributed by atoms with E-state index in [1.54, 1.807) is 0 Å². The van der Waals surface area contributed by atoms with E-state index in [0.717, 1.165) is 0 Å². The first kappa shape index (κ1) is 31.7. The van der Waals surface area contributed by atoms with Gasteiger partial charge in [0.2, 0.25) is 0 Å². The topological polar surface area (TPSA) is 100 Å². The van der Waals surface area contributed by atoms with E-state index in [2.05, 4.69) is 0 Å². The second-order valence-electron chi connectivity index (χ2n) is 1.99. The fourth-order valence-electron chi connectivity index (χ4n) is 0.136. The van der Waals surface area contributed by atoms with E-state index in [1.807, 2.05) is 0 Å². The van der Waals surface area contributed by atoms with Crippen LogP contribution in [0.3, 0.4) is 0 Å². The van der Waals surface area contributed by atoms with Gasteiger partial charge in [0.25, 0.3) is 0 Å². The summed E-state index contributed by atoms with van der Waals surface area (Å²) in [4.78, 5) is 18.8. The molecular formula is C6H5BF6Li2O5. The zero-order valence-corrected chi connectivity index (χ0v) is 10.3. The van der Waals surface area contributed by atoms with Crippen molar-refractivity contribution in [3.05, 3.63) is 12.2 Å². The van der Waals surface area contributed by atoms with Crippen LogP contribution in [0.5, 0.6) is 0 Å². The average molecular weight is 296 g/mol. The van der Waals surface area contributed by atoms with Crippen LogP contribution in [0, 0.1) is 0 Å². The molecule has 1 N–H and O–H groups in total. The van der Waals surface area contributed by atoms with Gasteiger partial charge in [-0.3, -0.25) is 12.9 Å². The molecule has 0 aromatic heterocycles. The number of carboxylic acid groups (broad SMARTS) is 2. The van der Waals surface area contributed by atoms with Crippen molar-refractivity contribution in [1.82, 2.24) is 0 Å². The second kappa shape index (κ2) is 18.5. The third kappa shape index (κ3) is 84.9. The molecular weight excluding hydrogens is 291 g/mol. The van der Waals surface area contributed by atoms with E-state index in [4.69, 9.17) is 5.11 Å². The maximum atomic E-state index is 10.5. The molecule has 0 radical (unpaired) electrons. The number of aliphatic carboxylic acids is 2. The Morgan fingerprint density at radius 1 is 1.00 bits per heavy atom. The molecule has 0 amide bonds. The molecule has 5 nitrogen and oxygen atoms in total. The summed E-state index contributed by atoms with van der Waals surface area (Å²) in [7, 11) is -3.67. The SMILES string of the molecule is FB(F)F.O=C([O-])/C=C\C(=O)[O-].OCC(F)(F)F.[Li+].[Li+]. The van der Waals surface area contributed by atoms with E-state index in [9.17, 15) is 45.9 Å². The number of rotatable bonds is 2. The first-order valence-electron chi connectivity index (χ1n) is 3.62. The standard InChI is InChI=1S/C4H4O4.C2H3F3O.BF3.2Li/c5-3(6)1-2-4(7)8;3-2(4,5)1-6;2-1(3)4;;/h1-2H,(H,5,6)(H,7,8);6H,1H2;;;/q;;;2*+1/p-2/b2-1-;;;;. The summed E-state index contributed by atoms with van der Waals surface area (Å²) >= 11 is 0. The first-order chi connectivity index (χ1) is 7.92. The van der Waals surface area contributed by atoms with Crippen molar-refractivity contribution in [2.24, 2.45) is 0 Å². The van der Waals surface area contributed by atoms with Crippen LogP contribution >= 0.6 is 0 Å². The molecule has 0 aliphatic carbocycles. The Kier molecular flexibility index (Phi) is 29.3. The van der Waals surface area contributed by atoms with Crippen molar-refractivity contribution in [2.45, 2.75) is 6.18 Å². The van der Waals surface area contributed by atoms with Crippen LogP contribution in [0.15, 0.2) is 12.2 Å². The molecule has 0 unspecified atom stereocenters. The molecule has 0 bridgehead atoms. The fourth-order valence-corrected chi connectivity index (χ4v) is 0.136. The Labute approximate surface area is 133 Å². The van der Waals surface area contributed by atoms with E-state index < -0.39 is 32.3 Å². The van der Waals surface area contributed by atoms with Gasteiger partial charge in [-0.1, -0.05) is 0 Å². The molecule has 0 saturated heterocycles. The zero-order chi connectivity index (χ0) is 15.4. The maximum absolute atomic E-state index is 10.5. The molecule has 106 valence electrons. The Bertz CT molecular complexity index is 256. The van der Waals surface area contributed by atoms with Gasteiger partial charge in [0.05, 0.1) is 11.9 Å². The predicted octanol–water partition coefficient (Wildman–Crippen LogP) is -7.53. The third-order valence-corrected chi connectivity index (χ3v) is 0.535. The molecule has 0 fully saturated rings. The monoisotopic (exact) mass is 296 g/mol. The molecule has 0 atom stereocenters. The molecule has 0 heterocycles. The van der Waals surface area contributed by atoms with E-state index in [-0.39, 0.29) is 37.7 Å². The minimum atomic E-state index is -4.40. The summed E-state index contributed by atoms with van der Waals surface area (Å²) in [6, 6.07) is 0. The Balaban J connectivity index is -0.0000000564. The van der Waals surface area contributed by atoms with Gasteiger partial charge in [0, 0.05) is 0 Å². The van der Waals surface area contributed by atoms with Gasteiger partial charge in [0.15, 0.2) is 0 Å². The number of halogens is 6. The van der Waals surface area contributed by atoms with Gasteiger partial charge in [-0.05, 0) is 12.2 Å². The predicted molar refractivity (Wildman–Crippen MR) is 41.4 cm³/mol. The first-order valence-corrected chi connectivity index (χ1v) is 3.62. The summed E-state index contributed by atoms with van der Waals surface area (Å²) in [5.74, 6) is -3.09. The Morgan fingerprint density at radius 2 is 1.15 bits per heavy atom. The minimum Gasteiger partial charge on any atom is -0.545 e. The van der Waals surface area contributed by atoms with Gasteiger partial charge in [-0.15, -0.1) is 0 Å². The van der Waals surface area contributed by atoms with Crippen LogP contribution in [-0.2, 0) is 9.59 Å². The quantitative estimate of drug-likeness (QED) is 0.310. The average Bonchev–Trinajstić information content (AvgIpc) is 2.13. The van der Waals surface area contributed by atoms with Crippen LogP contribution in [0.1, 0.15) is 0 Å². The largest absolute Gasteiger partial charge is 1.00 e. The van der Waals surface area contributed by atoms with E-state index in [1.165, 1.54) is 0 Å². The van der Waals surface area contributed by atoms with Crippen molar-refractivity contribution in [3.63, 3.8) is 0 Å². The fraction of sp³-hybridized carbons (Fsp3) is 0.333. The summed E-state index contributed by atoms with van der Waals surface area (Å²) in [6.45, 7) is -1.73. The minimum absolute atomic E-state index is 0. The van der Waals surface area contributed by atoms with Gasteiger partial charge in [-0.2, -0.15) is 13.2 Å². The number of carbonyl (C=O) groups excluding carboxylic acids is 2. The third-order valence-electron chi connectivity index (χ3n) is 0.535. The van der Waals surface area contributed by atoms with Gasteiger partial charge in [-0.25, -0.2) is 0 Å². The van der Waals surface area contributed by atoms with Crippen LogP contribution in [0.2, 0.25) is 0 Å². The van der Waals surface area contributed by atoms with E-state index in [0.29, 0.717) is 12.2 Å². The number of carboxylic acids is 2. The van der Waals surface area contributed by atoms with Crippen molar-refractivity contribution >= 4 is 19.5 Å². The number of alkyl halides is 3. The molecule has 0 aliphatic heterocycles. The maximum Gasteiger partial charge on any atom is 1.00 e. The van der Waals surface area contributed by atoms with Gasteiger partial charge < -0.3 is 24.9 Å². The second-order valence-corrected chi connectivity index (χ2v) is 1.99. The van der Waals surface area contributed by atoms with Crippen LogP contribution in [0.4, 0.5) is 26.1 Å². The number of aliphatic hydroxyl groups excluding tert-OH is 1. The molecule has 0 saturated carbocycles. The molecule has 20 heavy (non-hydrogen) atoms. The number of hydrogen-bond acceptors (Lipinski definition) is 5. The van der Waals surface area contributed by atoms with Crippen LogP contribution in [-0.4, -0.2) is 37.4 Å². The summed E-state index contributed by atoms with van der Waals surface area (Å²) < 4.78 is 60.6. The van der Waals surface area contributed by atoms with Crippen molar-refractivity contribution < 1.29 is 88.7 Å². The van der Waals surface area contributed by atoms with Crippen molar-refractivity contribution in [2.75, 3.05) is 6.61 Å². The van der Waals surface area contributed by atoms with Crippen molar-refractivity contribution in [3.8, 4) is 0 Å². The summed E-state index contributed by atoms with van der Waals surface area (Å²) in [5, 5.41) is 26.1. The summed E-state index contributed by atoms with van der Waals surface area (Å²) in [6.07, 6.45) is -3.63. The molecule has 14 heteroatoms. The normalized spacial score (nSPS) is 8.75.